The maximum Gasteiger partial charge on any atom is 0.188 e. The largest absolute Gasteiger partial charge is 0.467 e. The lowest BCUT2D eigenvalue weighted by molar-refractivity contribution is 0.0496. The van der Waals surface area contributed by atoms with Gasteiger partial charge in [0.15, 0.2) is 6.79 Å². The second kappa shape index (κ2) is 4.64. The highest BCUT2D eigenvalue weighted by atomic mass is 16.7. The van der Waals surface area contributed by atoms with Gasteiger partial charge in [-0.15, -0.1) is 0 Å². The average molecular weight is 208 g/mol. The van der Waals surface area contributed by atoms with Crippen molar-refractivity contribution < 1.29 is 14.6 Å². The quantitative estimate of drug-likeness (QED) is 0.772. The first-order valence-corrected chi connectivity index (χ1v) is 5.24. The van der Waals surface area contributed by atoms with E-state index >= 15 is 0 Å². The molecule has 0 radical (unpaired) electrons. The standard InChI is InChI=1S/C12H16O3/c1-14-8-15-12-7-3-4-9-10(12)5-2-6-11(9)13/h3-4,7,11,13H,2,5-6,8H2,1H3. The molecule has 1 N–H and O–H groups in total. The highest BCUT2D eigenvalue weighted by molar-refractivity contribution is 5.42. The van der Waals surface area contributed by atoms with E-state index in [1.807, 2.05) is 18.2 Å². The molecule has 82 valence electrons. The van der Waals surface area contributed by atoms with E-state index in [2.05, 4.69) is 0 Å². The zero-order chi connectivity index (χ0) is 10.7. The van der Waals surface area contributed by atoms with Crippen LogP contribution in [-0.2, 0) is 11.2 Å². The fourth-order valence-electron chi connectivity index (χ4n) is 2.05. The van der Waals surface area contributed by atoms with Crippen LogP contribution in [0.2, 0.25) is 0 Å². The SMILES string of the molecule is COCOc1cccc2c1CCCC2O. The summed E-state index contributed by atoms with van der Waals surface area (Å²) < 4.78 is 10.3. The van der Waals surface area contributed by atoms with Crippen molar-refractivity contribution in [3.8, 4) is 5.75 Å². The molecule has 0 saturated heterocycles. The van der Waals surface area contributed by atoms with Gasteiger partial charge in [0.25, 0.3) is 0 Å². The van der Waals surface area contributed by atoms with Crippen LogP contribution in [0.4, 0.5) is 0 Å². The minimum atomic E-state index is -0.333. The summed E-state index contributed by atoms with van der Waals surface area (Å²) in [7, 11) is 1.60. The molecule has 1 aliphatic carbocycles. The fraction of sp³-hybridized carbons (Fsp3) is 0.500. The normalized spacial score (nSPS) is 19.7. The Balaban J connectivity index is 2.27. The molecule has 0 aromatic heterocycles. The van der Waals surface area contributed by atoms with E-state index in [-0.39, 0.29) is 12.9 Å². The van der Waals surface area contributed by atoms with Crippen molar-refractivity contribution in [2.45, 2.75) is 25.4 Å². The van der Waals surface area contributed by atoms with Gasteiger partial charge in [0.05, 0.1) is 6.10 Å². The number of benzene rings is 1. The zero-order valence-corrected chi connectivity index (χ0v) is 8.90. The summed E-state index contributed by atoms with van der Waals surface area (Å²) in [4.78, 5) is 0. The van der Waals surface area contributed by atoms with Crippen LogP contribution in [0.25, 0.3) is 0 Å². The first kappa shape index (κ1) is 10.5. The molecule has 1 atom stereocenters. The van der Waals surface area contributed by atoms with Gasteiger partial charge in [-0.05, 0) is 30.9 Å². The van der Waals surface area contributed by atoms with Gasteiger partial charge in [-0.3, -0.25) is 0 Å². The van der Waals surface area contributed by atoms with Crippen LogP contribution >= 0.6 is 0 Å². The predicted molar refractivity (Wildman–Crippen MR) is 56.8 cm³/mol. The van der Waals surface area contributed by atoms with Crippen molar-refractivity contribution >= 4 is 0 Å². The molecule has 3 nitrogen and oxygen atoms in total. The van der Waals surface area contributed by atoms with Crippen molar-refractivity contribution in [3.05, 3.63) is 29.3 Å². The van der Waals surface area contributed by atoms with E-state index in [9.17, 15) is 5.11 Å². The van der Waals surface area contributed by atoms with E-state index in [0.29, 0.717) is 0 Å². The first-order chi connectivity index (χ1) is 7.33. The number of ether oxygens (including phenoxy) is 2. The van der Waals surface area contributed by atoms with Crippen molar-refractivity contribution in [1.82, 2.24) is 0 Å². The molecule has 0 aliphatic heterocycles. The lowest BCUT2D eigenvalue weighted by Crippen LogP contribution is -2.11. The van der Waals surface area contributed by atoms with Gasteiger partial charge < -0.3 is 14.6 Å². The Morgan fingerprint density at radius 3 is 3.13 bits per heavy atom. The Morgan fingerprint density at radius 2 is 2.33 bits per heavy atom. The Labute approximate surface area is 89.6 Å². The van der Waals surface area contributed by atoms with E-state index in [1.165, 1.54) is 0 Å². The Morgan fingerprint density at radius 1 is 1.47 bits per heavy atom. The van der Waals surface area contributed by atoms with Crippen LogP contribution in [0.15, 0.2) is 18.2 Å². The third-order valence-electron chi connectivity index (χ3n) is 2.76. The second-order valence-corrected chi connectivity index (χ2v) is 3.78. The maximum absolute atomic E-state index is 9.82. The molecule has 1 aromatic carbocycles. The monoisotopic (exact) mass is 208 g/mol. The molecule has 1 aromatic rings. The number of fused-ring (bicyclic) bond motifs is 1. The molecular formula is C12H16O3. The molecule has 15 heavy (non-hydrogen) atoms. The predicted octanol–water partition coefficient (Wildman–Crippen LogP) is 2.04. The molecule has 0 fully saturated rings. The molecule has 0 amide bonds. The van der Waals surface area contributed by atoms with Crippen LogP contribution in [0.3, 0.4) is 0 Å². The molecule has 0 spiro atoms. The lowest BCUT2D eigenvalue weighted by Gasteiger charge is -2.23. The van der Waals surface area contributed by atoms with Gasteiger partial charge in [-0.2, -0.15) is 0 Å². The van der Waals surface area contributed by atoms with E-state index in [0.717, 1.165) is 36.1 Å². The van der Waals surface area contributed by atoms with Gasteiger partial charge in [0.1, 0.15) is 5.75 Å². The summed E-state index contributed by atoms with van der Waals surface area (Å²) in [6, 6.07) is 5.81. The highest BCUT2D eigenvalue weighted by Crippen LogP contribution is 2.34. The fourth-order valence-corrected chi connectivity index (χ4v) is 2.05. The Bertz CT molecular complexity index is 336. The highest BCUT2D eigenvalue weighted by Gasteiger charge is 2.20. The average Bonchev–Trinajstić information content (AvgIpc) is 2.27. The van der Waals surface area contributed by atoms with Crippen LogP contribution in [0, 0.1) is 0 Å². The number of hydrogen-bond donors (Lipinski definition) is 1. The zero-order valence-electron chi connectivity index (χ0n) is 8.90. The smallest absolute Gasteiger partial charge is 0.188 e. The molecular weight excluding hydrogens is 192 g/mol. The third kappa shape index (κ3) is 2.13. The number of methoxy groups -OCH3 is 1. The van der Waals surface area contributed by atoms with Crippen LogP contribution < -0.4 is 4.74 Å². The first-order valence-electron chi connectivity index (χ1n) is 5.24. The van der Waals surface area contributed by atoms with Gasteiger partial charge >= 0.3 is 0 Å². The molecule has 0 heterocycles. The number of hydrogen-bond acceptors (Lipinski definition) is 3. The van der Waals surface area contributed by atoms with E-state index in [1.54, 1.807) is 7.11 Å². The molecule has 0 bridgehead atoms. The number of aliphatic hydroxyl groups excluding tert-OH is 1. The number of aliphatic hydroxyl groups is 1. The molecule has 1 unspecified atom stereocenters. The summed E-state index contributed by atoms with van der Waals surface area (Å²) in [6.45, 7) is 0.256. The molecule has 1 aliphatic rings. The Kier molecular flexibility index (Phi) is 3.23. The second-order valence-electron chi connectivity index (χ2n) is 3.78. The van der Waals surface area contributed by atoms with Crippen molar-refractivity contribution in [2.75, 3.05) is 13.9 Å². The summed E-state index contributed by atoms with van der Waals surface area (Å²) >= 11 is 0. The van der Waals surface area contributed by atoms with Crippen molar-refractivity contribution in [2.24, 2.45) is 0 Å². The molecule has 3 heteroatoms. The summed E-state index contributed by atoms with van der Waals surface area (Å²) in [6.07, 6.45) is 2.51. The van der Waals surface area contributed by atoms with Gasteiger partial charge in [0.2, 0.25) is 0 Å². The van der Waals surface area contributed by atoms with Crippen molar-refractivity contribution in [3.63, 3.8) is 0 Å². The van der Waals surface area contributed by atoms with E-state index in [4.69, 9.17) is 9.47 Å². The molecule has 0 saturated carbocycles. The summed E-state index contributed by atoms with van der Waals surface area (Å²) in [5.74, 6) is 0.841. The summed E-state index contributed by atoms with van der Waals surface area (Å²) in [5, 5.41) is 9.82. The topological polar surface area (TPSA) is 38.7 Å². The van der Waals surface area contributed by atoms with Crippen LogP contribution in [0.1, 0.15) is 30.1 Å². The van der Waals surface area contributed by atoms with Gasteiger partial charge in [0, 0.05) is 12.7 Å². The molecule has 2 rings (SSSR count). The Hall–Kier alpha value is -1.06. The maximum atomic E-state index is 9.82. The minimum Gasteiger partial charge on any atom is -0.467 e. The van der Waals surface area contributed by atoms with Gasteiger partial charge in [-0.1, -0.05) is 12.1 Å². The number of rotatable bonds is 3. The van der Waals surface area contributed by atoms with Crippen LogP contribution in [0.5, 0.6) is 5.75 Å². The van der Waals surface area contributed by atoms with Crippen molar-refractivity contribution in [1.29, 1.82) is 0 Å². The summed E-state index contributed by atoms with van der Waals surface area (Å²) in [5.41, 5.74) is 2.14. The minimum absolute atomic E-state index is 0.256. The van der Waals surface area contributed by atoms with E-state index < -0.39 is 0 Å². The van der Waals surface area contributed by atoms with Gasteiger partial charge in [-0.25, -0.2) is 0 Å². The van der Waals surface area contributed by atoms with Crippen LogP contribution in [-0.4, -0.2) is 19.0 Å². The lowest BCUT2D eigenvalue weighted by atomic mass is 9.89. The third-order valence-corrected chi connectivity index (χ3v) is 2.76.